The number of phenolic OH excluding ortho intramolecular Hbond substituents is 1. The lowest BCUT2D eigenvalue weighted by Gasteiger charge is -2.50. The number of aryl methyl sites for hydroxylation is 1. The van der Waals surface area contributed by atoms with Crippen LogP contribution in [0.1, 0.15) is 82.3 Å². The van der Waals surface area contributed by atoms with Crippen molar-refractivity contribution in [3.05, 3.63) is 23.3 Å². The summed E-state index contributed by atoms with van der Waals surface area (Å²) in [5, 5.41) is 20.7. The molecule has 0 radical (unpaired) electrons. The molecule has 0 aromatic heterocycles. The van der Waals surface area contributed by atoms with Gasteiger partial charge in [-0.05, 0) is 79.7 Å². The summed E-state index contributed by atoms with van der Waals surface area (Å²) in [5.74, 6) is 1.99. The van der Waals surface area contributed by atoms with E-state index in [9.17, 15) is 15.0 Å². The van der Waals surface area contributed by atoms with Gasteiger partial charge in [0.15, 0.2) is 0 Å². The predicted octanol–water partition coefficient (Wildman–Crippen LogP) is 4.70. The van der Waals surface area contributed by atoms with Crippen LogP contribution in [0.5, 0.6) is 11.5 Å². The summed E-state index contributed by atoms with van der Waals surface area (Å²) in [4.78, 5) is 12.3. The number of hydrogen-bond donors (Lipinski definition) is 2. The van der Waals surface area contributed by atoms with Gasteiger partial charge in [-0.3, -0.25) is 4.79 Å². The number of aromatic hydroxyl groups is 1. The molecule has 3 aliphatic carbocycles. The first-order chi connectivity index (χ1) is 12.9. The summed E-state index contributed by atoms with van der Waals surface area (Å²) in [5.41, 5.74) is 2.32. The molecule has 0 aliphatic heterocycles. The van der Waals surface area contributed by atoms with E-state index in [0.29, 0.717) is 29.9 Å². The number of esters is 1. The van der Waals surface area contributed by atoms with Crippen molar-refractivity contribution in [1.29, 1.82) is 0 Å². The van der Waals surface area contributed by atoms with Crippen LogP contribution in [0.2, 0.25) is 0 Å². The van der Waals surface area contributed by atoms with E-state index in [2.05, 4.69) is 13.8 Å². The molecule has 0 amide bonds. The van der Waals surface area contributed by atoms with Crippen molar-refractivity contribution < 1.29 is 19.7 Å². The fourth-order valence-corrected chi connectivity index (χ4v) is 6.22. The normalized spacial score (nSPS) is 34.5. The average Bonchev–Trinajstić information content (AvgIpc) is 2.94. The van der Waals surface area contributed by atoms with Crippen molar-refractivity contribution in [2.75, 3.05) is 0 Å². The van der Waals surface area contributed by atoms with Crippen LogP contribution in [0, 0.1) is 17.3 Å². The fourth-order valence-electron chi connectivity index (χ4n) is 6.22. The summed E-state index contributed by atoms with van der Waals surface area (Å²) in [6.45, 7) is 4.33. The molecule has 5 atom stereocenters. The van der Waals surface area contributed by atoms with Crippen LogP contribution in [0.4, 0.5) is 0 Å². The van der Waals surface area contributed by atoms with Crippen LogP contribution < -0.4 is 4.74 Å². The van der Waals surface area contributed by atoms with E-state index in [0.717, 1.165) is 62.5 Å². The number of rotatable bonds is 4. The fraction of sp³-hybridized carbons (Fsp3) is 0.696. The zero-order valence-corrected chi connectivity index (χ0v) is 16.5. The molecule has 0 heterocycles. The number of aliphatic hydroxyl groups excluding tert-OH is 1. The van der Waals surface area contributed by atoms with E-state index < -0.39 is 0 Å². The topological polar surface area (TPSA) is 66.8 Å². The van der Waals surface area contributed by atoms with Crippen molar-refractivity contribution in [3.63, 3.8) is 0 Å². The first kappa shape index (κ1) is 18.8. The Morgan fingerprint density at radius 1 is 1.26 bits per heavy atom. The molecule has 0 bridgehead atoms. The zero-order chi connectivity index (χ0) is 19.2. The minimum atomic E-state index is -0.205. The molecule has 2 saturated carbocycles. The predicted molar refractivity (Wildman–Crippen MR) is 104 cm³/mol. The maximum Gasteiger partial charge on any atom is 0.311 e. The molecule has 2 fully saturated rings. The smallest absolute Gasteiger partial charge is 0.311 e. The Hall–Kier alpha value is -1.55. The van der Waals surface area contributed by atoms with Crippen molar-refractivity contribution in [2.24, 2.45) is 17.3 Å². The Balaban J connectivity index is 1.66. The second kappa shape index (κ2) is 7.12. The quantitative estimate of drug-likeness (QED) is 0.594. The largest absolute Gasteiger partial charge is 0.508 e. The molecule has 148 valence electrons. The Morgan fingerprint density at radius 2 is 2.07 bits per heavy atom. The monoisotopic (exact) mass is 372 g/mol. The van der Waals surface area contributed by atoms with Crippen LogP contribution >= 0.6 is 0 Å². The third kappa shape index (κ3) is 3.16. The second-order valence-electron chi connectivity index (χ2n) is 9.15. The summed E-state index contributed by atoms with van der Waals surface area (Å²) >= 11 is 0. The first-order valence-electron chi connectivity index (χ1n) is 10.7. The molecule has 4 rings (SSSR count). The van der Waals surface area contributed by atoms with E-state index in [1.807, 2.05) is 6.07 Å². The van der Waals surface area contributed by atoms with Crippen molar-refractivity contribution in [3.8, 4) is 11.5 Å². The maximum absolute atomic E-state index is 12.3. The number of phenols is 1. The van der Waals surface area contributed by atoms with Crippen LogP contribution in [-0.4, -0.2) is 22.3 Å². The number of ether oxygens (including phenoxy) is 1. The standard InChI is InChI=1S/C23H32O4/c1-3-4-5-21(26)27-19-13-15(24)12-14-6-7-16-17(22(14)19)10-11-23(2)18(16)8-9-20(23)25/h12-13,16-18,20,24-25H,3-11H2,1-2H3/t16-,17+,18+,20-,23+/m1/s1. The van der Waals surface area contributed by atoms with Gasteiger partial charge in [0.05, 0.1) is 6.10 Å². The molecule has 1 aromatic rings. The van der Waals surface area contributed by atoms with Crippen LogP contribution in [0.3, 0.4) is 0 Å². The third-order valence-corrected chi connectivity index (χ3v) is 7.68. The highest BCUT2D eigenvalue weighted by molar-refractivity contribution is 5.73. The van der Waals surface area contributed by atoms with Gasteiger partial charge in [-0.2, -0.15) is 0 Å². The highest BCUT2D eigenvalue weighted by atomic mass is 16.5. The maximum atomic E-state index is 12.3. The summed E-state index contributed by atoms with van der Waals surface area (Å²) < 4.78 is 5.75. The minimum absolute atomic E-state index is 0.0353. The van der Waals surface area contributed by atoms with Crippen LogP contribution in [0.25, 0.3) is 0 Å². The highest BCUT2D eigenvalue weighted by Crippen LogP contribution is 2.62. The summed E-state index contributed by atoms with van der Waals surface area (Å²) in [7, 11) is 0. The Labute approximate surface area is 161 Å². The third-order valence-electron chi connectivity index (χ3n) is 7.68. The number of hydrogen-bond acceptors (Lipinski definition) is 4. The van der Waals surface area contributed by atoms with Gasteiger partial charge in [0.25, 0.3) is 0 Å². The van der Waals surface area contributed by atoms with Crippen LogP contribution in [0.15, 0.2) is 12.1 Å². The Morgan fingerprint density at radius 3 is 2.85 bits per heavy atom. The van der Waals surface area contributed by atoms with E-state index in [1.54, 1.807) is 6.07 Å². The average molecular weight is 373 g/mol. The van der Waals surface area contributed by atoms with Crippen LogP contribution in [-0.2, 0) is 11.2 Å². The first-order valence-corrected chi connectivity index (χ1v) is 10.7. The molecule has 0 saturated heterocycles. The molecule has 2 N–H and O–H groups in total. The van der Waals surface area contributed by atoms with E-state index in [1.165, 1.54) is 0 Å². The number of aliphatic hydroxyl groups is 1. The molecule has 0 unspecified atom stereocenters. The van der Waals surface area contributed by atoms with Gasteiger partial charge in [0.2, 0.25) is 0 Å². The van der Waals surface area contributed by atoms with Gasteiger partial charge in [-0.15, -0.1) is 0 Å². The summed E-state index contributed by atoms with van der Waals surface area (Å²) in [6.07, 6.45) is 8.06. The van der Waals surface area contributed by atoms with Gasteiger partial charge in [0.1, 0.15) is 11.5 Å². The van der Waals surface area contributed by atoms with Gasteiger partial charge in [-0.1, -0.05) is 20.3 Å². The molecular formula is C23H32O4. The second-order valence-corrected chi connectivity index (χ2v) is 9.15. The molecule has 4 nitrogen and oxygen atoms in total. The van der Waals surface area contributed by atoms with Gasteiger partial charge in [-0.25, -0.2) is 0 Å². The minimum Gasteiger partial charge on any atom is -0.508 e. The zero-order valence-electron chi connectivity index (χ0n) is 16.5. The molecule has 27 heavy (non-hydrogen) atoms. The molecule has 1 aromatic carbocycles. The highest BCUT2D eigenvalue weighted by Gasteiger charge is 2.54. The van der Waals surface area contributed by atoms with Gasteiger partial charge < -0.3 is 14.9 Å². The number of carbonyl (C=O) groups is 1. The Bertz CT molecular complexity index is 727. The number of benzene rings is 1. The molecule has 4 heteroatoms. The van der Waals surface area contributed by atoms with E-state index in [4.69, 9.17) is 4.74 Å². The van der Waals surface area contributed by atoms with Crippen molar-refractivity contribution >= 4 is 5.97 Å². The summed E-state index contributed by atoms with van der Waals surface area (Å²) in [6, 6.07) is 3.48. The van der Waals surface area contributed by atoms with Crippen molar-refractivity contribution in [1.82, 2.24) is 0 Å². The van der Waals surface area contributed by atoms with E-state index in [-0.39, 0.29) is 23.2 Å². The van der Waals surface area contributed by atoms with E-state index >= 15 is 0 Å². The molecule has 3 aliphatic rings. The van der Waals surface area contributed by atoms with Gasteiger partial charge in [0, 0.05) is 18.1 Å². The molecule has 0 spiro atoms. The SMILES string of the molecule is CCCCC(=O)Oc1cc(O)cc2c1[C@H]1CC[C@]3(C)[C@H](O)CC[C@H]3[C@@H]1CC2. The molecular weight excluding hydrogens is 340 g/mol. The lowest BCUT2D eigenvalue weighted by Crippen LogP contribution is -2.44. The van der Waals surface area contributed by atoms with Crippen molar-refractivity contribution in [2.45, 2.75) is 83.7 Å². The lowest BCUT2D eigenvalue weighted by atomic mass is 9.55. The number of fused-ring (bicyclic) bond motifs is 5. The number of carbonyl (C=O) groups excluding carboxylic acids is 1. The Kier molecular flexibility index (Phi) is 4.96. The van der Waals surface area contributed by atoms with Gasteiger partial charge >= 0.3 is 5.97 Å². The lowest BCUT2D eigenvalue weighted by molar-refractivity contribution is -0.134. The number of unbranched alkanes of at least 4 members (excludes halogenated alkanes) is 1.